The number of carboxylic acid groups (broad SMARTS) is 1. The third kappa shape index (κ3) is 3.24. The highest BCUT2D eigenvalue weighted by molar-refractivity contribution is 6.10. The molecule has 0 saturated heterocycles. The number of nitrogens with zero attached hydrogens (tertiary/aromatic N) is 3. The minimum atomic E-state index is -1.02. The van der Waals surface area contributed by atoms with Gasteiger partial charge in [0.25, 0.3) is 5.91 Å². The standard InChI is InChI=1S/C21H21N3O3/c1-4-17-12-23(20(25)16-7-5-15(11-22)6-8-16)18-9-13(2)14(3)10-19(18)24(17)21(26)27/h5-10,17H,4,12H2,1-3H3,(H,26,27). The monoisotopic (exact) mass is 363 g/mol. The average Bonchev–Trinajstić information content (AvgIpc) is 2.67. The van der Waals surface area contributed by atoms with E-state index in [1.54, 1.807) is 29.2 Å². The van der Waals surface area contributed by atoms with Crippen molar-refractivity contribution in [1.29, 1.82) is 5.26 Å². The highest BCUT2D eigenvalue weighted by Crippen LogP contribution is 2.39. The second-order valence-corrected chi connectivity index (χ2v) is 6.74. The Kier molecular flexibility index (Phi) is 4.87. The maximum atomic E-state index is 13.2. The second-order valence-electron chi connectivity index (χ2n) is 6.74. The van der Waals surface area contributed by atoms with E-state index in [0.717, 1.165) is 11.1 Å². The zero-order valence-corrected chi connectivity index (χ0v) is 15.6. The molecule has 0 saturated carbocycles. The summed E-state index contributed by atoms with van der Waals surface area (Å²) in [5, 5.41) is 18.7. The van der Waals surface area contributed by atoms with E-state index < -0.39 is 6.09 Å². The Morgan fingerprint density at radius 1 is 1.15 bits per heavy atom. The number of benzene rings is 2. The van der Waals surface area contributed by atoms with Crippen molar-refractivity contribution in [1.82, 2.24) is 0 Å². The first-order chi connectivity index (χ1) is 12.9. The van der Waals surface area contributed by atoms with Gasteiger partial charge in [-0.1, -0.05) is 6.92 Å². The highest BCUT2D eigenvalue weighted by atomic mass is 16.4. The molecule has 0 radical (unpaired) electrons. The lowest BCUT2D eigenvalue weighted by Crippen LogP contribution is -2.52. The van der Waals surface area contributed by atoms with Crippen LogP contribution in [0, 0.1) is 25.2 Å². The van der Waals surface area contributed by atoms with Crippen molar-refractivity contribution in [3.05, 3.63) is 58.7 Å². The molecule has 27 heavy (non-hydrogen) atoms. The lowest BCUT2D eigenvalue weighted by Gasteiger charge is -2.41. The van der Waals surface area contributed by atoms with Crippen molar-refractivity contribution in [3.8, 4) is 6.07 Å². The maximum Gasteiger partial charge on any atom is 0.412 e. The Labute approximate surface area is 158 Å². The molecular formula is C21H21N3O3. The molecule has 2 aromatic rings. The van der Waals surface area contributed by atoms with Gasteiger partial charge in [-0.2, -0.15) is 5.26 Å². The summed E-state index contributed by atoms with van der Waals surface area (Å²) in [5.74, 6) is -0.201. The summed E-state index contributed by atoms with van der Waals surface area (Å²) < 4.78 is 0. The largest absolute Gasteiger partial charge is 0.465 e. The predicted octanol–water partition coefficient (Wildman–Crippen LogP) is 4.10. The SMILES string of the molecule is CCC1CN(C(=O)c2ccc(C#N)cc2)c2cc(C)c(C)cc2N1C(=O)O. The van der Waals surface area contributed by atoms with Crippen LogP contribution in [0.1, 0.15) is 40.4 Å². The van der Waals surface area contributed by atoms with Crippen molar-refractivity contribution in [3.63, 3.8) is 0 Å². The Hall–Kier alpha value is -3.33. The third-order valence-corrected chi connectivity index (χ3v) is 5.08. The van der Waals surface area contributed by atoms with E-state index in [4.69, 9.17) is 5.26 Å². The van der Waals surface area contributed by atoms with E-state index in [2.05, 4.69) is 0 Å². The van der Waals surface area contributed by atoms with Crippen LogP contribution in [0.15, 0.2) is 36.4 Å². The van der Waals surface area contributed by atoms with Crippen molar-refractivity contribution >= 4 is 23.4 Å². The molecule has 0 spiro atoms. The van der Waals surface area contributed by atoms with Gasteiger partial charge in [-0.3, -0.25) is 9.69 Å². The third-order valence-electron chi connectivity index (χ3n) is 5.08. The van der Waals surface area contributed by atoms with Crippen molar-refractivity contribution in [2.45, 2.75) is 33.2 Å². The fraction of sp³-hybridized carbons (Fsp3) is 0.286. The summed E-state index contributed by atoms with van der Waals surface area (Å²) in [6.45, 7) is 6.07. The zero-order chi connectivity index (χ0) is 19.7. The van der Waals surface area contributed by atoms with Gasteiger partial charge in [0.15, 0.2) is 0 Å². The number of hydrogen-bond acceptors (Lipinski definition) is 3. The van der Waals surface area contributed by atoms with Crippen LogP contribution in [-0.2, 0) is 0 Å². The van der Waals surface area contributed by atoms with E-state index in [1.165, 1.54) is 4.90 Å². The maximum absolute atomic E-state index is 13.2. The summed E-state index contributed by atoms with van der Waals surface area (Å²) in [5.41, 5.74) is 4.05. The van der Waals surface area contributed by atoms with E-state index in [-0.39, 0.29) is 18.5 Å². The Morgan fingerprint density at radius 3 is 2.26 bits per heavy atom. The van der Waals surface area contributed by atoms with Gasteiger partial charge < -0.3 is 10.0 Å². The molecule has 3 rings (SSSR count). The van der Waals surface area contributed by atoms with E-state index in [1.807, 2.05) is 39.0 Å². The Balaban J connectivity index is 2.11. The van der Waals surface area contributed by atoms with Gasteiger partial charge in [-0.25, -0.2) is 4.79 Å². The molecular weight excluding hydrogens is 342 g/mol. The van der Waals surface area contributed by atoms with Gasteiger partial charge in [0, 0.05) is 12.1 Å². The second kappa shape index (κ2) is 7.12. The number of carbonyl (C=O) groups is 2. The summed E-state index contributed by atoms with van der Waals surface area (Å²) in [6.07, 6.45) is -0.424. The van der Waals surface area contributed by atoms with Crippen LogP contribution in [0.4, 0.5) is 16.2 Å². The van der Waals surface area contributed by atoms with Gasteiger partial charge in [0.05, 0.1) is 29.0 Å². The molecule has 1 heterocycles. The molecule has 138 valence electrons. The number of amides is 2. The highest BCUT2D eigenvalue weighted by Gasteiger charge is 2.36. The fourth-order valence-corrected chi connectivity index (χ4v) is 3.39. The van der Waals surface area contributed by atoms with Crippen LogP contribution >= 0.6 is 0 Å². The fourth-order valence-electron chi connectivity index (χ4n) is 3.39. The minimum Gasteiger partial charge on any atom is -0.465 e. The minimum absolute atomic E-state index is 0.201. The van der Waals surface area contributed by atoms with Crippen molar-refractivity contribution in [2.75, 3.05) is 16.3 Å². The molecule has 1 N–H and O–H groups in total. The molecule has 0 bridgehead atoms. The molecule has 0 aromatic heterocycles. The first kappa shape index (κ1) is 18.5. The quantitative estimate of drug-likeness (QED) is 0.870. The smallest absolute Gasteiger partial charge is 0.412 e. The van der Waals surface area contributed by atoms with Gasteiger partial charge in [-0.15, -0.1) is 0 Å². The molecule has 1 aliphatic rings. The molecule has 1 aliphatic heterocycles. The molecule has 6 heteroatoms. The first-order valence-electron chi connectivity index (χ1n) is 8.82. The van der Waals surface area contributed by atoms with Crippen LogP contribution in [0.5, 0.6) is 0 Å². The topological polar surface area (TPSA) is 84.6 Å². The van der Waals surface area contributed by atoms with Crippen molar-refractivity contribution in [2.24, 2.45) is 0 Å². The van der Waals surface area contributed by atoms with Crippen LogP contribution in [0.25, 0.3) is 0 Å². The van der Waals surface area contributed by atoms with Crippen molar-refractivity contribution < 1.29 is 14.7 Å². The van der Waals surface area contributed by atoms with E-state index in [9.17, 15) is 14.7 Å². The number of hydrogen-bond donors (Lipinski definition) is 1. The Morgan fingerprint density at radius 2 is 1.74 bits per heavy atom. The number of aryl methyl sites for hydroxylation is 2. The van der Waals surface area contributed by atoms with Gasteiger partial charge >= 0.3 is 6.09 Å². The summed E-state index contributed by atoms with van der Waals surface area (Å²) >= 11 is 0. The first-order valence-corrected chi connectivity index (χ1v) is 8.82. The molecule has 2 aromatic carbocycles. The number of anilines is 2. The van der Waals surface area contributed by atoms with Gasteiger partial charge in [0.1, 0.15) is 0 Å². The summed E-state index contributed by atoms with van der Waals surface area (Å²) in [6, 6.07) is 11.9. The lowest BCUT2D eigenvalue weighted by molar-refractivity contribution is 0.0982. The van der Waals surface area contributed by atoms with E-state index >= 15 is 0 Å². The summed E-state index contributed by atoms with van der Waals surface area (Å²) in [7, 11) is 0. The van der Waals surface area contributed by atoms with Crippen LogP contribution in [0.3, 0.4) is 0 Å². The number of carbonyl (C=O) groups excluding carboxylic acids is 1. The van der Waals surface area contributed by atoms with Gasteiger partial charge in [0.2, 0.25) is 0 Å². The molecule has 1 atom stereocenters. The summed E-state index contributed by atoms with van der Waals surface area (Å²) in [4.78, 5) is 28.1. The lowest BCUT2D eigenvalue weighted by atomic mass is 9.99. The Bertz CT molecular complexity index is 944. The predicted molar refractivity (Wildman–Crippen MR) is 103 cm³/mol. The molecule has 0 aliphatic carbocycles. The van der Waals surface area contributed by atoms with Gasteiger partial charge in [-0.05, 0) is 67.8 Å². The molecule has 2 amide bonds. The van der Waals surface area contributed by atoms with E-state index in [0.29, 0.717) is 28.9 Å². The van der Waals surface area contributed by atoms with Crippen LogP contribution in [0.2, 0.25) is 0 Å². The average molecular weight is 363 g/mol. The zero-order valence-electron chi connectivity index (χ0n) is 15.6. The number of fused-ring (bicyclic) bond motifs is 1. The van der Waals surface area contributed by atoms with Crippen LogP contribution in [-0.4, -0.2) is 29.7 Å². The molecule has 6 nitrogen and oxygen atoms in total. The normalized spacial score (nSPS) is 15.9. The van der Waals surface area contributed by atoms with Crippen LogP contribution < -0.4 is 9.80 Å². The molecule has 1 unspecified atom stereocenters. The number of rotatable bonds is 2. The molecule has 0 fully saturated rings. The number of nitriles is 1.